The van der Waals surface area contributed by atoms with Crippen molar-refractivity contribution in [2.75, 3.05) is 23.3 Å². The van der Waals surface area contributed by atoms with Crippen LogP contribution < -0.4 is 10.2 Å². The Hall–Kier alpha value is -1.25. The Morgan fingerprint density at radius 1 is 1.28 bits per heavy atom. The highest BCUT2D eigenvalue weighted by Gasteiger charge is 2.23. The molecule has 1 N–H and O–H groups in total. The SMILES string of the molecule is CC1CCC(Nc2cccnc2N2CCCC2)C1. The lowest BCUT2D eigenvalue weighted by atomic mass is 10.1. The maximum atomic E-state index is 4.59. The molecule has 2 fully saturated rings. The fraction of sp³-hybridized carbons (Fsp3) is 0.667. The molecule has 0 radical (unpaired) electrons. The molecule has 0 amide bonds. The van der Waals surface area contributed by atoms with Gasteiger partial charge in [-0.15, -0.1) is 0 Å². The van der Waals surface area contributed by atoms with Gasteiger partial charge in [0, 0.05) is 25.3 Å². The van der Waals surface area contributed by atoms with Crippen molar-refractivity contribution in [2.24, 2.45) is 5.92 Å². The van der Waals surface area contributed by atoms with E-state index in [4.69, 9.17) is 0 Å². The molecular formula is C15H23N3. The second kappa shape index (κ2) is 5.17. The number of anilines is 2. The van der Waals surface area contributed by atoms with E-state index in [2.05, 4.69) is 28.2 Å². The lowest BCUT2D eigenvalue weighted by molar-refractivity contribution is 0.602. The number of nitrogens with zero attached hydrogens (tertiary/aromatic N) is 2. The number of hydrogen-bond acceptors (Lipinski definition) is 3. The van der Waals surface area contributed by atoms with Crippen LogP contribution in [-0.4, -0.2) is 24.1 Å². The van der Waals surface area contributed by atoms with Gasteiger partial charge in [-0.1, -0.05) is 6.92 Å². The number of nitrogens with one attached hydrogen (secondary N) is 1. The van der Waals surface area contributed by atoms with Crippen LogP contribution in [0.2, 0.25) is 0 Å². The number of aromatic nitrogens is 1. The van der Waals surface area contributed by atoms with Gasteiger partial charge in [-0.2, -0.15) is 0 Å². The summed E-state index contributed by atoms with van der Waals surface area (Å²) < 4.78 is 0. The van der Waals surface area contributed by atoms with E-state index in [1.807, 2.05) is 12.3 Å². The summed E-state index contributed by atoms with van der Waals surface area (Å²) >= 11 is 0. The van der Waals surface area contributed by atoms with Gasteiger partial charge in [0.2, 0.25) is 0 Å². The van der Waals surface area contributed by atoms with Crippen molar-refractivity contribution in [3.05, 3.63) is 18.3 Å². The lowest BCUT2D eigenvalue weighted by Gasteiger charge is -2.22. The normalized spacial score (nSPS) is 27.7. The minimum Gasteiger partial charge on any atom is -0.379 e. The fourth-order valence-corrected chi connectivity index (χ4v) is 3.25. The predicted octanol–water partition coefficient (Wildman–Crippen LogP) is 3.28. The van der Waals surface area contributed by atoms with Crippen LogP contribution in [-0.2, 0) is 0 Å². The second-order valence-corrected chi connectivity index (χ2v) is 5.83. The highest BCUT2D eigenvalue weighted by molar-refractivity contribution is 5.66. The molecule has 2 aliphatic rings. The Morgan fingerprint density at radius 2 is 2.11 bits per heavy atom. The van der Waals surface area contributed by atoms with Gasteiger partial charge in [0.25, 0.3) is 0 Å². The summed E-state index contributed by atoms with van der Waals surface area (Å²) in [5.74, 6) is 2.03. The van der Waals surface area contributed by atoms with Crippen LogP contribution in [0.1, 0.15) is 39.0 Å². The van der Waals surface area contributed by atoms with Gasteiger partial charge >= 0.3 is 0 Å². The molecule has 18 heavy (non-hydrogen) atoms. The highest BCUT2D eigenvalue weighted by Crippen LogP contribution is 2.31. The van der Waals surface area contributed by atoms with Gasteiger partial charge in [0.05, 0.1) is 5.69 Å². The summed E-state index contributed by atoms with van der Waals surface area (Å²) in [4.78, 5) is 7.00. The monoisotopic (exact) mass is 245 g/mol. The summed E-state index contributed by atoms with van der Waals surface area (Å²) in [6.07, 6.45) is 8.48. The first-order valence-corrected chi connectivity index (χ1v) is 7.29. The van der Waals surface area contributed by atoms with E-state index in [1.54, 1.807) is 0 Å². The molecule has 0 bridgehead atoms. The molecule has 2 heterocycles. The molecule has 1 aromatic rings. The molecule has 1 saturated heterocycles. The average molecular weight is 245 g/mol. The van der Waals surface area contributed by atoms with Crippen molar-refractivity contribution < 1.29 is 0 Å². The van der Waals surface area contributed by atoms with Crippen molar-refractivity contribution in [3.8, 4) is 0 Å². The second-order valence-electron chi connectivity index (χ2n) is 5.83. The average Bonchev–Trinajstić information content (AvgIpc) is 3.02. The first-order chi connectivity index (χ1) is 8.83. The molecule has 1 aromatic heterocycles. The van der Waals surface area contributed by atoms with Crippen molar-refractivity contribution >= 4 is 11.5 Å². The Kier molecular flexibility index (Phi) is 3.39. The standard InChI is InChI=1S/C15H23N3/c1-12-6-7-13(11-12)17-14-5-4-8-16-15(14)18-9-2-3-10-18/h4-5,8,12-13,17H,2-3,6-7,9-11H2,1H3. The van der Waals surface area contributed by atoms with Crippen LogP contribution in [0.4, 0.5) is 11.5 Å². The minimum absolute atomic E-state index is 0.644. The molecule has 3 nitrogen and oxygen atoms in total. The first kappa shape index (κ1) is 11.8. The van der Waals surface area contributed by atoms with Crippen LogP contribution >= 0.6 is 0 Å². The van der Waals surface area contributed by atoms with Crippen LogP contribution in [0, 0.1) is 5.92 Å². The van der Waals surface area contributed by atoms with E-state index >= 15 is 0 Å². The van der Waals surface area contributed by atoms with Gasteiger partial charge in [-0.05, 0) is 50.2 Å². The zero-order valence-corrected chi connectivity index (χ0v) is 11.2. The lowest BCUT2D eigenvalue weighted by Crippen LogP contribution is -2.23. The molecule has 0 spiro atoms. The van der Waals surface area contributed by atoms with Crippen molar-refractivity contribution in [3.63, 3.8) is 0 Å². The van der Waals surface area contributed by atoms with Crippen molar-refractivity contribution in [1.29, 1.82) is 0 Å². The molecular weight excluding hydrogens is 222 g/mol. The summed E-state index contributed by atoms with van der Waals surface area (Å²) in [6, 6.07) is 4.87. The Balaban J connectivity index is 1.74. The van der Waals surface area contributed by atoms with Gasteiger partial charge in [-0.25, -0.2) is 4.98 Å². The van der Waals surface area contributed by atoms with E-state index in [0.29, 0.717) is 6.04 Å². The van der Waals surface area contributed by atoms with Crippen LogP contribution in [0.3, 0.4) is 0 Å². The summed E-state index contributed by atoms with van der Waals surface area (Å²) in [5, 5.41) is 3.71. The zero-order valence-electron chi connectivity index (χ0n) is 11.2. The fourth-order valence-electron chi connectivity index (χ4n) is 3.25. The Morgan fingerprint density at radius 3 is 2.83 bits per heavy atom. The van der Waals surface area contributed by atoms with Crippen LogP contribution in [0.25, 0.3) is 0 Å². The summed E-state index contributed by atoms with van der Waals surface area (Å²) in [7, 11) is 0. The largest absolute Gasteiger partial charge is 0.379 e. The van der Waals surface area contributed by atoms with E-state index < -0.39 is 0 Å². The smallest absolute Gasteiger partial charge is 0.151 e. The Labute approximate surface area is 110 Å². The zero-order chi connectivity index (χ0) is 12.4. The quantitative estimate of drug-likeness (QED) is 0.885. The number of hydrogen-bond donors (Lipinski definition) is 1. The molecule has 1 saturated carbocycles. The maximum Gasteiger partial charge on any atom is 0.151 e. The molecule has 3 rings (SSSR count). The molecule has 0 aromatic carbocycles. The van der Waals surface area contributed by atoms with Crippen molar-refractivity contribution in [2.45, 2.75) is 45.1 Å². The molecule has 3 heteroatoms. The first-order valence-electron chi connectivity index (χ1n) is 7.29. The number of pyridine rings is 1. The minimum atomic E-state index is 0.644. The molecule has 2 atom stereocenters. The van der Waals surface area contributed by atoms with Crippen LogP contribution in [0.5, 0.6) is 0 Å². The van der Waals surface area contributed by atoms with E-state index in [0.717, 1.165) is 24.8 Å². The predicted molar refractivity (Wildman–Crippen MR) is 76.1 cm³/mol. The van der Waals surface area contributed by atoms with E-state index in [-0.39, 0.29) is 0 Å². The van der Waals surface area contributed by atoms with Crippen molar-refractivity contribution in [1.82, 2.24) is 4.98 Å². The van der Waals surface area contributed by atoms with Gasteiger partial charge < -0.3 is 10.2 Å². The third kappa shape index (κ3) is 2.45. The summed E-state index contributed by atoms with van der Waals surface area (Å²) in [6.45, 7) is 4.67. The molecule has 1 aliphatic carbocycles. The maximum absolute atomic E-state index is 4.59. The molecule has 98 valence electrons. The summed E-state index contributed by atoms with van der Waals surface area (Å²) in [5.41, 5.74) is 1.23. The van der Waals surface area contributed by atoms with E-state index in [9.17, 15) is 0 Å². The van der Waals surface area contributed by atoms with Gasteiger partial charge in [-0.3, -0.25) is 0 Å². The molecule has 1 aliphatic heterocycles. The van der Waals surface area contributed by atoms with Gasteiger partial charge in [0.15, 0.2) is 5.82 Å². The van der Waals surface area contributed by atoms with E-state index in [1.165, 1.54) is 37.8 Å². The topological polar surface area (TPSA) is 28.2 Å². The Bertz CT molecular complexity index is 398. The third-order valence-electron chi connectivity index (χ3n) is 4.25. The van der Waals surface area contributed by atoms with Gasteiger partial charge in [0.1, 0.15) is 0 Å². The number of rotatable bonds is 3. The third-order valence-corrected chi connectivity index (χ3v) is 4.25. The highest BCUT2D eigenvalue weighted by atomic mass is 15.2. The molecule has 2 unspecified atom stereocenters. The van der Waals surface area contributed by atoms with Crippen LogP contribution in [0.15, 0.2) is 18.3 Å².